The molecule has 3 nitrogen and oxygen atoms in total. The first-order valence-electron chi connectivity index (χ1n) is 5.93. The number of likely N-dealkylation sites (tertiary alicyclic amines) is 1. The van der Waals surface area contributed by atoms with Gasteiger partial charge in [-0.25, -0.2) is 4.79 Å². The molecule has 0 aromatic heterocycles. The summed E-state index contributed by atoms with van der Waals surface area (Å²) in [6.45, 7) is 7.55. The minimum atomic E-state index is -0.369. The van der Waals surface area contributed by atoms with E-state index in [1.54, 1.807) is 0 Å². The average Bonchev–Trinajstić information content (AvgIpc) is 2.74. The first-order valence-corrected chi connectivity index (χ1v) is 5.93. The van der Waals surface area contributed by atoms with Crippen LogP contribution in [0.2, 0.25) is 0 Å². The summed E-state index contributed by atoms with van der Waals surface area (Å²) in [6.07, 6.45) is 3.62. The number of carbonyl (C=O) groups is 1. The summed E-state index contributed by atoms with van der Waals surface area (Å²) < 4.78 is 5.39. The third kappa shape index (κ3) is 2.86. The van der Waals surface area contributed by atoms with E-state index in [4.69, 9.17) is 4.74 Å². The largest absolute Gasteiger partial charge is 0.444 e. The van der Waals surface area contributed by atoms with Crippen molar-refractivity contribution >= 4 is 6.09 Å². The molecule has 2 fully saturated rings. The molecular weight excluding hydrogens is 190 g/mol. The number of hydrogen-bond donors (Lipinski definition) is 0. The van der Waals surface area contributed by atoms with Gasteiger partial charge in [0, 0.05) is 13.1 Å². The predicted octanol–water partition coefficient (Wildman–Crippen LogP) is 2.65. The average molecular weight is 211 g/mol. The molecule has 1 aliphatic carbocycles. The predicted molar refractivity (Wildman–Crippen MR) is 58.6 cm³/mol. The molecule has 0 bridgehead atoms. The molecule has 3 heteroatoms. The van der Waals surface area contributed by atoms with Crippen LogP contribution >= 0.6 is 0 Å². The zero-order valence-electron chi connectivity index (χ0n) is 9.95. The Morgan fingerprint density at radius 2 is 2.07 bits per heavy atom. The zero-order valence-corrected chi connectivity index (χ0v) is 9.95. The molecule has 2 rings (SSSR count). The van der Waals surface area contributed by atoms with Crippen LogP contribution in [0, 0.1) is 11.8 Å². The lowest BCUT2D eigenvalue weighted by Gasteiger charge is -2.26. The monoisotopic (exact) mass is 211 g/mol. The molecule has 2 aliphatic rings. The molecule has 1 aliphatic heterocycles. The third-order valence-electron chi connectivity index (χ3n) is 3.18. The maximum Gasteiger partial charge on any atom is 0.410 e. The number of hydrogen-bond acceptors (Lipinski definition) is 2. The quantitative estimate of drug-likeness (QED) is 0.616. The molecule has 1 heterocycles. The molecule has 0 spiro atoms. The first kappa shape index (κ1) is 10.8. The second-order valence-corrected chi connectivity index (χ2v) is 5.82. The lowest BCUT2D eigenvalue weighted by Crippen LogP contribution is -2.38. The molecule has 2 atom stereocenters. The normalized spacial score (nSPS) is 30.5. The van der Waals surface area contributed by atoms with E-state index in [2.05, 4.69) is 0 Å². The number of rotatable bonds is 0. The fourth-order valence-electron chi connectivity index (χ4n) is 2.30. The Morgan fingerprint density at radius 3 is 2.73 bits per heavy atom. The van der Waals surface area contributed by atoms with Crippen molar-refractivity contribution in [1.29, 1.82) is 0 Å². The number of ether oxygens (including phenoxy) is 1. The van der Waals surface area contributed by atoms with Gasteiger partial charge in [0.25, 0.3) is 0 Å². The second kappa shape index (κ2) is 3.69. The lowest BCUT2D eigenvalue weighted by atomic mass is 10.2. The van der Waals surface area contributed by atoms with Gasteiger partial charge in [-0.1, -0.05) is 0 Å². The summed E-state index contributed by atoms with van der Waals surface area (Å²) in [5.41, 5.74) is -0.369. The molecule has 0 N–H and O–H groups in total. The third-order valence-corrected chi connectivity index (χ3v) is 3.18. The van der Waals surface area contributed by atoms with Crippen molar-refractivity contribution in [3.05, 3.63) is 0 Å². The summed E-state index contributed by atoms with van der Waals surface area (Å²) in [5, 5.41) is 0. The topological polar surface area (TPSA) is 29.5 Å². The highest BCUT2D eigenvalue weighted by Crippen LogP contribution is 2.44. The second-order valence-electron chi connectivity index (χ2n) is 5.82. The van der Waals surface area contributed by atoms with E-state index in [1.165, 1.54) is 12.8 Å². The van der Waals surface area contributed by atoms with Crippen molar-refractivity contribution in [1.82, 2.24) is 4.90 Å². The minimum Gasteiger partial charge on any atom is -0.444 e. The zero-order chi connectivity index (χ0) is 11.1. The number of carbonyl (C=O) groups excluding carboxylic acids is 1. The maximum absolute atomic E-state index is 11.8. The van der Waals surface area contributed by atoms with Crippen molar-refractivity contribution in [2.75, 3.05) is 13.1 Å². The Balaban J connectivity index is 1.88. The van der Waals surface area contributed by atoms with Crippen LogP contribution in [0.5, 0.6) is 0 Å². The molecule has 15 heavy (non-hydrogen) atoms. The van der Waals surface area contributed by atoms with Gasteiger partial charge in [0.15, 0.2) is 0 Å². The lowest BCUT2D eigenvalue weighted by molar-refractivity contribution is 0.0246. The van der Waals surface area contributed by atoms with Crippen LogP contribution in [0.4, 0.5) is 4.79 Å². The molecular formula is C12H21NO2. The highest BCUT2D eigenvalue weighted by molar-refractivity contribution is 5.68. The maximum atomic E-state index is 11.8. The fraction of sp³-hybridized carbons (Fsp3) is 0.917. The minimum absolute atomic E-state index is 0.130. The van der Waals surface area contributed by atoms with Crippen molar-refractivity contribution in [3.8, 4) is 0 Å². The van der Waals surface area contributed by atoms with Crippen molar-refractivity contribution in [2.24, 2.45) is 11.8 Å². The van der Waals surface area contributed by atoms with Crippen LogP contribution in [0.15, 0.2) is 0 Å². The molecule has 0 aromatic carbocycles. The molecule has 86 valence electrons. The standard InChI is InChI=1S/C12H21NO2/c1-12(2,3)15-11(14)13-6-4-5-9-7-10(9)8-13/h9-10H,4-8H2,1-3H3. The summed E-state index contributed by atoms with van der Waals surface area (Å²) >= 11 is 0. The highest BCUT2D eigenvalue weighted by Gasteiger charge is 2.41. The van der Waals surface area contributed by atoms with E-state index in [9.17, 15) is 4.79 Å². The number of fused-ring (bicyclic) bond motifs is 1. The smallest absolute Gasteiger partial charge is 0.410 e. The number of nitrogens with zero attached hydrogens (tertiary/aromatic N) is 1. The van der Waals surface area contributed by atoms with Crippen molar-refractivity contribution in [2.45, 2.75) is 45.6 Å². The van der Waals surface area contributed by atoms with Crippen LogP contribution in [0.3, 0.4) is 0 Å². The Labute approximate surface area is 91.8 Å². The fourth-order valence-corrected chi connectivity index (χ4v) is 2.30. The van der Waals surface area contributed by atoms with Gasteiger partial charge in [-0.2, -0.15) is 0 Å². The molecule has 2 unspecified atom stereocenters. The van der Waals surface area contributed by atoms with Crippen LogP contribution in [-0.4, -0.2) is 29.7 Å². The Kier molecular flexibility index (Phi) is 2.65. The Bertz CT molecular complexity index is 257. The van der Waals surface area contributed by atoms with Gasteiger partial charge in [-0.3, -0.25) is 0 Å². The molecule has 1 amide bonds. The van der Waals surface area contributed by atoms with Gasteiger partial charge in [0.2, 0.25) is 0 Å². The van der Waals surface area contributed by atoms with E-state index < -0.39 is 0 Å². The van der Waals surface area contributed by atoms with Gasteiger partial charge < -0.3 is 9.64 Å². The first-order chi connectivity index (χ1) is 6.96. The van der Waals surface area contributed by atoms with Gasteiger partial charge in [0.05, 0.1) is 0 Å². The van der Waals surface area contributed by atoms with Crippen LogP contribution in [0.1, 0.15) is 40.0 Å². The van der Waals surface area contributed by atoms with Crippen LogP contribution in [-0.2, 0) is 4.74 Å². The van der Waals surface area contributed by atoms with Gasteiger partial charge in [0.1, 0.15) is 5.60 Å². The number of amides is 1. The molecule has 1 saturated carbocycles. The van der Waals surface area contributed by atoms with E-state index in [0.717, 1.165) is 31.3 Å². The van der Waals surface area contributed by atoms with Gasteiger partial charge in [-0.05, 0) is 51.9 Å². The molecule has 0 radical (unpaired) electrons. The van der Waals surface area contributed by atoms with Crippen molar-refractivity contribution in [3.63, 3.8) is 0 Å². The van der Waals surface area contributed by atoms with E-state index in [0.29, 0.717) is 0 Å². The van der Waals surface area contributed by atoms with E-state index in [1.807, 2.05) is 25.7 Å². The van der Waals surface area contributed by atoms with E-state index >= 15 is 0 Å². The summed E-state index contributed by atoms with van der Waals surface area (Å²) in [6, 6.07) is 0. The summed E-state index contributed by atoms with van der Waals surface area (Å²) in [7, 11) is 0. The van der Waals surface area contributed by atoms with Gasteiger partial charge in [-0.15, -0.1) is 0 Å². The SMILES string of the molecule is CC(C)(C)OC(=O)N1CCCC2CC2C1. The summed E-state index contributed by atoms with van der Waals surface area (Å²) in [5.74, 6) is 1.66. The van der Waals surface area contributed by atoms with E-state index in [-0.39, 0.29) is 11.7 Å². The van der Waals surface area contributed by atoms with Gasteiger partial charge >= 0.3 is 6.09 Å². The van der Waals surface area contributed by atoms with Crippen LogP contribution < -0.4 is 0 Å². The molecule has 0 aromatic rings. The Hall–Kier alpha value is -0.730. The summed E-state index contributed by atoms with van der Waals surface area (Å²) in [4.78, 5) is 13.7. The molecule has 1 saturated heterocycles. The highest BCUT2D eigenvalue weighted by atomic mass is 16.6. The van der Waals surface area contributed by atoms with Crippen molar-refractivity contribution < 1.29 is 9.53 Å². The van der Waals surface area contributed by atoms with Crippen LogP contribution in [0.25, 0.3) is 0 Å². The Morgan fingerprint density at radius 1 is 1.33 bits per heavy atom.